The Morgan fingerprint density at radius 1 is 1.19 bits per heavy atom. The molecule has 1 amide bonds. The van der Waals surface area contributed by atoms with Gasteiger partial charge in [0.25, 0.3) is 0 Å². The van der Waals surface area contributed by atoms with Gasteiger partial charge in [-0.05, 0) is 31.4 Å². The number of rotatable bonds is 9. The van der Waals surface area contributed by atoms with Crippen LogP contribution in [0.25, 0.3) is 0 Å². The predicted octanol–water partition coefficient (Wildman–Crippen LogP) is 0.584. The maximum absolute atomic E-state index is 12.5. The van der Waals surface area contributed by atoms with E-state index in [1.54, 1.807) is 0 Å². The van der Waals surface area contributed by atoms with Crippen molar-refractivity contribution in [1.82, 2.24) is 4.90 Å². The normalized spacial score (nSPS) is 18.5. The van der Waals surface area contributed by atoms with E-state index in [-0.39, 0.29) is 12.5 Å². The van der Waals surface area contributed by atoms with Crippen molar-refractivity contribution in [3.05, 3.63) is 35.9 Å². The Morgan fingerprint density at radius 3 is 2.62 bits per heavy atom. The molecule has 0 unspecified atom stereocenters. The summed E-state index contributed by atoms with van der Waals surface area (Å²) >= 11 is 0. The molecule has 1 aliphatic heterocycles. The van der Waals surface area contributed by atoms with Crippen molar-refractivity contribution in [1.29, 1.82) is 0 Å². The summed E-state index contributed by atoms with van der Waals surface area (Å²) in [6.07, 6.45) is 3.21. The van der Waals surface area contributed by atoms with Crippen molar-refractivity contribution in [3.8, 4) is 0 Å². The molecule has 1 saturated heterocycles. The second-order valence-corrected chi connectivity index (χ2v) is 6.51. The summed E-state index contributed by atoms with van der Waals surface area (Å²) in [4.78, 5) is 38.5. The zero-order valence-corrected chi connectivity index (χ0v) is 14.9. The average Bonchev–Trinajstić information content (AvgIpc) is 3.15. The van der Waals surface area contributed by atoms with Crippen LogP contribution < -0.4 is 16.4 Å². The number of amides is 1. The number of unbranched alkanes of at least 4 members (excludes halogenated alkanes) is 1. The number of hydrogen-bond acceptors (Lipinski definition) is 6. The summed E-state index contributed by atoms with van der Waals surface area (Å²) in [7, 11) is 0. The molecule has 0 saturated carbocycles. The molecule has 0 aliphatic carbocycles. The Morgan fingerprint density at radius 2 is 1.92 bits per heavy atom. The summed E-state index contributed by atoms with van der Waals surface area (Å²) in [5, 5.41) is 0. The third-order valence-electron chi connectivity index (χ3n) is 4.54. The van der Waals surface area contributed by atoms with E-state index in [1.807, 2.05) is 30.3 Å². The number of ether oxygens (including phenoxy) is 1. The van der Waals surface area contributed by atoms with Crippen molar-refractivity contribution in [3.63, 3.8) is 0 Å². The highest BCUT2D eigenvalue weighted by Gasteiger charge is 2.49. The van der Waals surface area contributed by atoms with Crippen LogP contribution in [0.3, 0.4) is 0 Å². The monoisotopic (exact) mass is 361 g/mol. The SMILES string of the molecule is NCCCC[C@H](N)C(=O)[N+]1CCC[C@H]1C(=O)C(=O)OCc1ccccc1. The predicted molar refractivity (Wildman–Crippen MR) is 97.2 cm³/mol. The third kappa shape index (κ3) is 5.45. The molecule has 1 aromatic carbocycles. The standard InChI is InChI=1S/C19H27N3O4/c20-11-5-4-9-15(21)18(24)22-12-6-10-16(22)17(23)19(25)26-13-14-7-2-1-3-8-14/h1-3,7-8,15-16H,4-6,9-13,20-21H2/q+1/t15-,16-/m0/s1. The topological polar surface area (TPSA) is 118 Å². The Hall–Kier alpha value is -2.09. The van der Waals surface area contributed by atoms with Crippen LogP contribution in [-0.4, -0.2) is 42.8 Å². The molecule has 0 aromatic heterocycles. The van der Waals surface area contributed by atoms with Crippen molar-refractivity contribution < 1.29 is 19.1 Å². The minimum Gasteiger partial charge on any atom is -0.455 e. The fourth-order valence-corrected chi connectivity index (χ4v) is 3.08. The summed E-state index contributed by atoms with van der Waals surface area (Å²) < 4.78 is 5.10. The first kappa shape index (κ1) is 20.2. The number of esters is 1. The smallest absolute Gasteiger partial charge is 0.381 e. The minimum absolute atomic E-state index is 0.0324. The maximum Gasteiger partial charge on any atom is 0.381 e. The molecule has 2 atom stereocenters. The number of nitrogens with two attached hydrogens (primary N) is 2. The first-order valence-electron chi connectivity index (χ1n) is 9.05. The van der Waals surface area contributed by atoms with E-state index >= 15 is 0 Å². The lowest BCUT2D eigenvalue weighted by Crippen LogP contribution is -2.53. The molecule has 26 heavy (non-hydrogen) atoms. The number of Topliss-reactive ketones (excluding diaryl/α,β-unsaturated/α-hetero) is 1. The summed E-state index contributed by atoms with van der Waals surface area (Å²) in [5.74, 6) is -1.87. The summed E-state index contributed by atoms with van der Waals surface area (Å²) in [5.41, 5.74) is 12.2. The van der Waals surface area contributed by atoms with Gasteiger partial charge in [-0.1, -0.05) is 35.2 Å². The van der Waals surface area contributed by atoms with E-state index in [9.17, 15) is 14.4 Å². The first-order valence-corrected chi connectivity index (χ1v) is 9.05. The highest BCUT2D eigenvalue weighted by Crippen LogP contribution is 2.18. The largest absolute Gasteiger partial charge is 0.455 e. The Balaban J connectivity index is 1.89. The van der Waals surface area contributed by atoms with E-state index in [2.05, 4.69) is 0 Å². The lowest BCUT2D eigenvalue weighted by Gasteiger charge is -2.15. The first-order chi connectivity index (χ1) is 12.5. The third-order valence-corrected chi connectivity index (χ3v) is 4.54. The highest BCUT2D eigenvalue weighted by atomic mass is 16.5. The second-order valence-electron chi connectivity index (χ2n) is 6.51. The fourth-order valence-electron chi connectivity index (χ4n) is 3.08. The van der Waals surface area contributed by atoms with Gasteiger partial charge in [-0.25, -0.2) is 9.59 Å². The molecule has 2 rings (SSSR count). The molecule has 1 aliphatic rings. The average molecular weight is 361 g/mol. The van der Waals surface area contributed by atoms with Gasteiger partial charge in [-0.15, -0.1) is 0 Å². The van der Waals surface area contributed by atoms with Crippen LogP contribution in [0.1, 0.15) is 37.7 Å². The molecule has 1 aromatic rings. The lowest BCUT2D eigenvalue weighted by molar-refractivity contribution is -0.156. The van der Waals surface area contributed by atoms with Gasteiger partial charge in [0.1, 0.15) is 19.2 Å². The van der Waals surface area contributed by atoms with Crippen LogP contribution in [-0.2, 0) is 25.7 Å². The number of carbonyl (C=O) groups excluding carboxylic acids is 3. The number of hydrogen-bond donors (Lipinski definition) is 2. The van der Waals surface area contributed by atoms with Gasteiger partial charge in [-0.3, -0.25) is 4.79 Å². The highest BCUT2D eigenvalue weighted by molar-refractivity contribution is 6.36. The number of carbonyl (C=O) groups is 3. The molecular weight excluding hydrogens is 334 g/mol. The zero-order chi connectivity index (χ0) is 18.9. The molecule has 0 bridgehead atoms. The number of ketones is 1. The van der Waals surface area contributed by atoms with Crippen LogP contribution in [0.4, 0.5) is 0 Å². The van der Waals surface area contributed by atoms with Crippen LogP contribution >= 0.6 is 0 Å². The second kappa shape index (κ2) is 10.2. The Kier molecular flexibility index (Phi) is 7.90. The van der Waals surface area contributed by atoms with Crippen molar-refractivity contribution >= 4 is 17.7 Å². The summed E-state index contributed by atoms with van der Waals surface area (Å²) in [6.45, 7) is 1.02. The van der Waals surface area contributed by atoms with Gasteiger partial charge in [-0.2, -0.15) is 0 Å². The van der Waals surface area contributed by atoms with E-state index in [0.717, 1.165) is 18.4 Å². The number of benzene rings is 1. The lowest BCUT2D eigenvalue weighted by atomic mass is 10.1. The number of nitrogens with zero attached hydrogens (tertiary/aromatic N) is 1. The molecule has 7 nitrogen and oxygen atoms in total. The van der Waals surface area contributed by atoms with Gasteiger partial charge in [0.2, 0.25) is 6.04 Å². The van der Waals surface area contributed by atoms with Crippen LogP contribution in [0.2, 0.25) is 0 Å². The molecule has 1 heterocycles. The fraction of sp³-hybridized carbons (Fsp3) is 0.526. The van der Waals surface area contributed by atoms with E-state index < -0.39 is 23.8 Å². The molecule has 141 valence electrons. The zero-order valence-electron chi connectivity index (χ0n) is 14.9. The van der Waals surface area contributed by atoms with E-state index in [4.69, 9.17) is 16.2 Å². The molecule has 4 N–H and O–H groups in total. The van der Waals surface area contributed by atoms with Gasteiger partial charge in [0.05, 0.1) is 0 Å². The Bertz CT molecular complexity index is 620. The van der Waals surface area contributed by atoms with Crippen molar-refractivity contribution in [2.75, 3.05) is 13.1 Å². The molecule has 7 heteroatoms. The van der Waals surface area contributed by atoms with Crippen molar-refractivity contribution in [2.24, 2.45) is 11.5 Å². The van der Waals surface area contributed by atoms with Crippen LogP contribution in [0.5, 0.6) is 0 Å². The Labute approximate surface area is 153 Å². The molecule has 1 fully saturated rings. The number of likely N-dealkylation sites (tertiary alicyclic amines) is 1. The van der Waals surface area contributed by atoms with Crippen LogP contribution in [0.15, 0.2) is 30.3 Å². The van der Waals surface area contributed by atoms with Gasteiger partial charge < -0.3 is 16.2 Å². The quantitative estimate of drug-likeness (QED) is 0.287. The molecule has 0 spiro atoms. The molecule has 1 radical (unpaired) electrons. The minimum atomic E-state index is -0.907. The van der Waals surface area contributed by atoms with Crippen molar-refractivity contribution in [2.45, 2.75) is 50.8 Å². The molecular formula is C19H27N3O4+. The van der Waals surface area contributed by atoms with Crippen LogP contribution in [0, 0.1) is 0 Å². The summed E-state index contributed by atoms with van der Waals surface area (Å²) in [6, 6.07) is 7.69. The maximum atomic E-state index is 12.5. The van der Waals surface area contributed by atoms with Gasteiger partial charge in [0, 0.05) is 12.8 Å². The van der Waals surface area contributed by atoms with Gasteiger partial charge in [0.15, 0.2) is 0 Å². The van der Waals surface area contributed by atoms with E-state index in [1.165, 1.54) is 4.90 Å². The van der Waals surface area contributed by atoms with E-state index in [0.29, 0.717) is 32.4 Å². The van der Waals surface area contributed by atoms with Gasteiger partial charge >= 0.3 is 17.7 Å².